The lowest BCUT2D eigenvalue weighted by Crippen LogP contribution is -2.29. The minimum Gasteiger partial charge on any atom is -0.450 e. The standard InChI is InChI=1S/C23H14BrFN2O4S/c1-10-21(11(2)28)32-23(26-10)27-18(12-3-6-14(25)7-4-12)17-19(29)15-9-13(24)5-8-16(15)31-20(17)22(27)30/h3-9,18H,1-2H3. The van der Waals surface area contributed by atoms with E-state index in [0.29, 0.717) is 26.0 Å². The van der Waals surface area contributed by atoms with Gasteiger partial charge in [-0.25, -0.2) is 9.37 Å². The third-order valence-corrected chi connectivity index (χ3v) is 7.08. The van der Waals surface area contributed by atoms with Crippen molar-refractivity contribution in [3.8, 4) is 0 Å². The monoisotopic (exact) mass is 512 g/mol. The fraction of sp³-hybridized carbons (Fsp3) is 0.130. The number of aryl methyl sites for hydroxylation is 1. The van der Waals surface area contributed by atoms with Gasteiger partial charge in [-0.15, -0.1) is 0 Å². The Kier molecular flexibility index (Phi) is 4.83. The molecule has 2 aromatic heterocycles. The molecule has 0 fully saturated rings. The van der Waals surface area contributed by atoms with Gasteiger partial charge in [0.05, 0.1) is 27.6 Å². The number of anilines is 1. The number of aromatic nitrogens is 1. The van der Waals surface area contributed by atoms with Crippen molar-refractivity contribution in [2.24, 2.45) is 0 Å². The number of benzene rings is 2. The van der Waals surface area contributed by atoms with E-state index in [9.17, 15) is 18.8 Å². The molecule has 4 aromatic rings. The van der Waals surface area contributed by atoms with Crippen molar-refractivity contribution in [1.82, 2.24) is 4.98 Å². The van der Waals surface area contributed by atoms with Gasteiger partial charge in [-0.3, -0.25) is 19.3 Å². The van der Waals surface area contributed by atoms with Gasteiger partial charge in [-0.1, -0.05) is 39.4 Å². The van der Waals surface area contributed by atoms with Crippen molar-refractivity contribution in [2.75, 3.05) is 4.90 Å². The molecule has 1 unspecified atom stereocenters. The number of nitrogens with zero attached hydrogens (tertiary/aromatic N) is 2. The molecule has 0 aliphatic carbocycles. The van der Waals surface area contributed by atoms with Gasteiger partial charge in [0.15, 0.2) is 16.3 Å². The van der Waals surface area contributed by atoms with Crippen molar-refractivity contribution in [3.63, 3.8) is 0 Å². The van der Waals surface area contributed by atoms with Crippen LogP contribution in [0.25, 0.3) is 11.0 Å². The Bertz CT molecular complexity index is 1490. The molecule has 6 nitrogen and oxygen atoms in total. The normalized spacial score (nSPS) is 15.4. The molecule has 0 spiro atoms. The smallest absolute Gasteiger partial charge is 0.297 e. The van der Waals surface area contributed by atoms with Gasteiger partial charge < -0.3 is 4.42 Å². The summed E-state index contributed by atoms with van der Waals surface area (Å²) >= 11 is 4.43. The molecule has 0 bridgehead atoms. The first-order chi connectivity index (χ1) is 15.3. The van der Waals surface area contributed by atoms with E-state index in [2.05, 4.69) is 20.9 Å². The van der Waals surface area contributed by atoms with Gasteiger partial charge in [-0.05, 0) is 42.8 Å². The fourth-order valence-corrected chi connectivity index (χ4v) is 5.26. The van der Waals surface area contributed by atoms with Gasteiger partial charge in [0.2, 0.25) is 5.76 Å². The average molecular weight is 513 g/mol. The van der Waals surface area contributed by atoms with Gasteiger partial charge >= 0.3 is 0 Å². The Morgan fingerprint density at radius 3 is 2.56 bits per heavy atom. The van der Waals surface area contributed by atoms with Crippen molar-refractivity contribution in [1.29, 1.82) is 0 Å². The van der Waals surface area contributed by atoms with E-state index in [1.165, 1.54) is 36.1 Å². The molecule has 1 aliphatic rings. The number of hydrogen-bond acceptors (Lipinski definition) is 6. The molecule has 1 atom stereocenters. The summed E-state index contributed by atoms with van der Waals surface area (Å²) in [6.07, 6.45) is 0. The lowest BCUT2D eigenvalue weighted by atomic mass is 9.99. The highest BCUT2D eigenvalue weighted by atomic mass is 79.9. The lowest BCUT2D eigenvalue weighted by Gasteiger charge is -2.22. The van der Waals surface area contributed by atoms with Gasteiger partial charge in [0, 0.05) is 11.4 Å². The molecule has 5 rings (SSSR count). The van der Waals surface area contributed by atoms with Crippen molar-refractivity contribution in [3.05, 3.63) is 90.4 Å². The predicted molar refractivity (Wildman–Crippen MR) is 122 cm³/mol. The number of Topliss-reactive ketones (excluding diaryl/α,β-unsaturated/α-hetero) is 1. The van der Waals surface area contributed by atoms with Crippen molar-refractivity contribution >= 4 is 55.1 Å². The summed E-state index contributed by atoms with van der Waals surface area (Å²) in [4.78, 5) is 45.2. The molecule has 32 heavy (non-hydrogen) atoms. The molecule has 0 saturated heterocycles. The fourth-order valence-electron chi connectivity index (χ4n) is 3.91. The van der Waals surface area contributed by atoms with Crippen LogP contribution in [0.1, 0.15) is 50.0 Å². The number of halogens is 2. The van der Waals surface area contributed by atoms with E-state index in [1.807, 2.05) is 0 Å². The van der Waals surface area contributed by atoms with E-state index in [4.69, 9.17) is 4.42 Å². The zero-order valence-corrected chi connectivity index (χ0v) is 19.2. The highest BCUT2D eigenvalue weighted by Crippen LogP contribution is 2.43. The molecule has 1 aliphatic heterocycles. The van der Waals surface area contributed by atoms with Crippen LogP contribution in [0, 0.1) is 12.7 Å². The maximum atomic E-state index is 13.6. The number of fused-ring (bicyclic) bond motifs is 2. The number of hydrogen-bond donors (Lipinski definition) is 0. The minimum absolute atomic E-state index is 0.0867. The zero-order chi connectivity index (χ0) is 22.7. The average Bonchev–Trinajstić information content (AvgIpc) is 3.27. The first kappa shape index (κ1) is 20.7. The molecule has 3 heterocycles. The molecule has 9 heteroatoms. The maximum Gasteiger partial charge on any atom is 0.297 e. The van der Waals surface area contributed by atoms with Crippen LogP contribution < -0.4 is 10.3 Å². The summed E-state index contributed by atoms with van der Waals surface area (Å²) in [5, 5.41) is 0.586. The van der Waals surface area contributed by atoms with Gasteiger partial charge in [-0.2, -0.15) is 0 Å². The molecule has 0 radical (unpaired) electrons. The number of thiazole rings is 1. The summed E-state index contributed by atoms with van der Waals surface area (Å²) in [5.74, 6) is -1.24. The second-order valence-corrected chi connectivity index (χ2v) is 9.30. The zero-order valence-electron chi connectivity index (χ0n) is 16.8. The van der Waals surface area contributed by atoms with E-state index < -0.39 is 17.8 Å². The lowest BCUT2D eigenvalue weighted by molar-refractivity contribution is 0.0969. The second-order valence-electron chi connectivity index (χ2n) is 7.41. The Morgan fingerprint density at radius 1 is 1.19 bits per heavy atom. The summed E-state index contributed by atoms with van der Waals surface area (Å²) in [6.45, 7) is 3.12. The number of carbonyl (C=O) groups is 2. The van der Waals surface area contributed by atoms with Crippen LogP contribution in [0.15, 0.2) is 56.1 Å². The summed E-state index contributed by atoms with van der Waals surface area (Å²) in [6, 6.07) is 9.67. The third-order valence-electron chi connectivity index (χ3n) is 5.33. The SMILES string of the molecule is CC(=O)c1sc(N2C(=O)c3oc4ccc(Br)cc4c(=O)c3C2c2ccc(F)cc2)nc1C. The Morgan fingerprint density at radius 2 is 1.91 bits per heavy atom. The molecule has 0 N–H and O–H groups in total. The van der Waals surface area contributed by atoms with Crippen LogP contribution in [-0.4, -0.2) is 16.7 Å². The number of ketones is 1. The number of carbonyl (C=O) groups excluding carboxylic acids is 2. The van der Waals surface area contributed by atoms with Crippen LogP contribution >= 0.6 is 27.3 Å². The first-order valence-electron chi connectivity index (χ1n) is 9.60. The quantitative estimate of drug-likeness (QED) is 0.342. The van der Waals surface area contributed by atoms with Gasteiger partial charge in [0.25, 0.3) is 5.91 Å². The Hall–Kier alpha value is -3.17. The predicted octanol–water partition coefficient (Wildman–Crippen LogP) is 5.41. The summed E-state index contributed by atoms with van der Waals surface area (Å²) in [5.41, 5.74) is 1.10. The Labute approximate surface area is 193 Å². The molecule has 160 valence electrons. The molecule has 0 saturated carbocycles. The molecular weight excluding hydrogens is 499 g/mol. The maximum absolute atomic E-state index is 13.6. The van der Waals surface area contributed by atoms with Crippen LogP contribution in [0.2, 0.25) is 0 Å². The van der Waals surface area contributed by atoms with E-state index >= 15 is 0 Å². The topological polar surface area (TPSA) is 80.5 Å². The first-order valence-corrected chi connectivity index (χ1v) is 11.2. The second kappa shape index (κ2) is 7.46. The minimum atomic E-state index is -0.872. The van der Waals surface area contributed by atoms with Crippen LogP contribution in [0.3, 0.4) is 0 Å². The largest absolute Gasteiger partial charge is 0.450 e. The van der Waals surface area contributed by atoms with Gasteiger partial charge in [0.1, 0.15) is 11.4 Å². The van der Waals surface area contributed by atoms with Crippen LogP contribution in [-0.2, 0) is 0 Å². The summed E-state index contributed by atoms with van der Waals surface area (Å²) < 4.78 is 20.2. The Balaban J connectivity index is 1.81. The van der Waals surface area contributed by atoms with Crippen molar-refractivity contribution < 1.29 is 18.4 Å². The van der Waals surface area contributed by atoms with E-state index in [-0.39, 0.29) is 33.3 Å². The molecule has 1 amide bonds. The van der Waals surface area contributed by atoms with E-state index in [1.54, 1.807) is 25.1 Å². The summed E-state index contributed by atoms with van der Waals surface area (Å²) in [7, 11) is 0. The van der Waals surface area contributed by atoms with Crippen molar-refractivity contribution in [2.45, 2.75) is 19.9 Å². The van der Waals surface area contributed by atoms with E-state index in [0.717, 1.165) is 11.3 Å². The highest BCUT2D eigenvalue weighted by molar-refractivity contribution is 9.10. The number of amides is 1. The molecule has 2 aromatic carbocycles. The number of rotatable bonds is 3. The highest BCUT2D eigenvalue weighted by Gasteiger charge is 2.45. The molecular formula is C23H14BrFN2O4S. The van der Waals surface area contributed by atoms with Crippen LogP contribution in [0.5, 0.6) is 0 Å². The third kappa shape index (κ3) is 3.11. The van der Waals surface area contributed by atoms with Crippen LogP contribution in [0.4, 0.5) is 9.52 Å².